The maximum Gasteiger partial charge on any atom is 0.0237 e. The fourth-order valence-electron chi connectivity index (χ4n) is 5.41. The number of hydrogen-bond donors (Lipinski definition) is 6. The van der Waals surface area contributed by atoms with Gasteiger partial charge in [0, 0.05) is 65.4 Å². The highest BCUT2D eigenvalue weighted by Crippen LogP contribution is 2.20. The van der Waals surface area contributed by atoms with Crippen molar-refractivity contribution in [3.63, 3.8) is 0 Å². The van der Waals surface area contributed by atoms with E-state index in [0.29, 0.717) is 0 Å². The average molecular weight is 531 g/mol. The summed E-state index contributed by atoms with van der Waals surface area (Å²) in [6.07, 6.45) is 4.79. The zero-order chi connectivity index (χ0) is 26.7. The minimum absolute atomic E-state index is 1.05. The Morgan fingerprint density at radius 2 is 0.789 bits per heavy atom. The molecule has 0 radical (unpaired) electrons. The Hall–Kier alpha value is -1.10. The van der Waals surface area contributed by atoms with E-state index in [0.717, 1.165) is 118 Å². The smallest absolute Gasteiger partial charge is 0.0237 e. The first-order valence-electron chi connectivity index (χ1n) is 15.5. The minimum Gasteiger partial charge on any atom is -0.315 e. The number of rotatable bonds is 4. The molecule has 3 rings (SSSR count). The molecule has 218 valence electrons. The monoisotopic (exact) mass is 530 g/mol. The lowest BCUT2D eigenvalue weighted by atomic mass is 9.99. The van der Waals surface area contributed by atoms with Gasteiger partial charge in [-0.05, 0) is 114 Å². The average Bonchev–Trinajstić information content (AvgIpc) is 2.91. The van der Waals surface area contributed by atoms with Crippen molar-refractivity contribution in [2.45, 2.75) is 52.6 Å². The maximum atomic E-state index is 3.65. The first-order chi connectivity index (χ1) is 18.7. The Morgan fingerprint density at radius 1 is 0.447 bits per heavy atom. The largest absolute Gasteiger partial charge is 0.315 e. The Morgan fingerprint density at radius 3 is 1.18 bits per heavy atom. The van der Waals surface area contributed by atoms with E-state index in [-0.39, 0.29) is 0 Å². The van der Waals surface area contributed by atoms with Crippen LogP contribution in [0.1, 0.15) is 47.9 Å². The molecule has 0 bridgehead atoms. The summed E-state index contributed by atoms with van der Waals surface area (Å²) < 4.78 is 0. The van der Waals surface area contributed by atoms with Crippen LogP contribution in [0.3, 0.4) is 0 Å². The molecule has 8 heteroatoms. The van der Waals surface area contributed by atoms with Crippen LogP contribution in [-0.2, 0) is 13.1 Å². The van der Waals surface area contributed by atoms with E-state index < -0.39 is 0 Å². The van der Waals surface area contributed by atoms with Crippen LogP contribution >= 0.6 is 0 Å². The molecule has 2 aliphatic rings. The quantitative estimate of drug-likeness (QED) is 0.345. The first kappa shape index (κ1) is 31.4. The fraction of sp³-hybridized carbons (Fsp3) is 0.800. The second-order valence-corrected chi connectivity index (χ2v) is 11.2. The lowest BCUT2D eigenvalue weighted by Crippen LogP contribution is -2.37. The second kappa shape index (κ2) is 19.9. The molecular formula is C30H58N8. The highest BCUT2D eigenvalue weighted by atomic mass is 15.1. The van der Waals surface area contributed by atoms with Crippen LogP contribution in [0.4, 0.5) is 0 Å². The van der Waals surface area contributed by atoms with Gasteiger partial charge in [0.05, 0.1) is 0 Å². The molecule has 0 saturated carbocycles. The lowest BCUT2D eigenvalue weighted by Gasteiger charge is -2.26. The SMILES string of the molecule is Cc1cc(CN2CCCNCCNCCCNCC2)c(C)cc1CN1CCCNCCNCCCNCC1. The van der Waals surface area contributed by atoms with E-state index in [1.54, 1.807) is 0 Å². The molecule has 0 atom stereocenters. The summed E-state index contributed by atoms with van der Waals surface area (Å²) in [7, 11) is 0. The Kier molecular flexibility index (Phi) is 16.4. The molecule has 38 heavy (non-hydrogen) atoms. The van der Waals surface area contributed by atoms with E-state index in [9.17, 15) is 0 Å². The molecule has 8 nitrogen and oxygen atoms in total. The van der Waals surface area contributed by atoms with Gasteiger partial charge < -0.3 is 31.9 Å². The summed E-state index contributed by atoms with van der Waals surface area (Å²) in [5.74, 6) is 0. The Balaban J connectivity index is 1.56. The fourth-order valence-corrected chi connectivity index (χ4v) is 5.41. The molecular weight excluding hydrogens is 472 g/mol. The summed E-state index contributed by atoms with van der Waals surface area (Å²) in [5, 5.41) is 21.5. The topological polar surface area (TPSA) is 78.7 Å². The van der Waals surface area contributed by atoms with Gasteiger partial charge in [-0.2, -0.15) is 0 Å². The van der Waals surface area contributed by atoms with Gasteiger partial charge in [0.1, 0.15) is 0 Å². The van der Waals surface area contributed by atoms with Gasteiger partial charge in [0.15, 0.2) is 0 Å². The predicted octanol–water partition coefficient (Wildman–Crippen LogP) is 1.03. The van der Waals surface area contributed by atoms with Crippen LogP contribution in [-0.4, -0.2) is 115 Å². The number of benzene rings is 1. The molecule has 0 aromatic heterocycles. The van der Waals surface area contributed by atoms with Gasteiger partial charge in [-0.3, -0.25) is 9.80 Å². The predicted molar refractivity (Wildman–Crippen MR) is 162 cm³/mol. The highest BCUT2D eigenvalue weighted by Gasteiger charge is 2.13. The molecule has 2 aliphatic heterocycles. The molecule has 0 spiro atoms. The van der Waals surface area contributed by atoms with Crippen molar-refractivity contribution < 1.29 is 0 Å². The van der Waals surface area contributed by atoms with Crippen molar-refractivity contribution in [2.24, 2.45) is 0 Å². The molecule has 2 fully saturated rings. The third-order valence-electron chi connectivity index (χ3n) is 7.82. The molecule has 2 heterocycles. The van der Waals surface area contributed by atoms with Gasteiger partial charge in [0.25, 0.3) is 0 Å². The third kappa shape index (κ3) is 13.3. The molecule has 2 saturated heterocycles. The van der Waals surface area contributed by atoms with Gasteiger partial charge in [-0.1, -0.05) is 12.1 Å². The van der Waals surface area contributed by atoms with Crippen LogP contribution in [0.15, 0.2) is 12.1 Å². The van der Waals surface area contributed by atoms with Crippen molar-refractivity contribution in [2.75, 3.05) is 105 Å². The summed E-state index contributed by atoms with van der Waals surface area (Å²) in [6, 6.07) is 4.95. The Labute approximate surface area is 233 Å². The van der Waals surface area contributed by atoms with E-state index >= 15 is 0 Å². The van der Waals surface area contributed by atoms with Crippen molar-refractivity contribution >= 4 is 0 Å². The van der Waals surface area contributed by atoms with Crippen LogP contribution in [0.2, 0.25) is 0 Å². The highest BCUT2D eigenvalue weighted by molar-refractivity contribution is 5.37. The summed E-state index contributed by atoms with van der Waals surface area (Å²) in [5.41, 5.74) is 5.86. The molecule has 0 unspecified atom stereocenters. The van der Waals surface area contributed by atoms with Crippen molar-refractivity contribution in [3.8, 4) is 0 Å². The molecule has 1 aromatic rings. The molecule has 1 aromatic carbocycles. The Bertz CT molecular complexity index is 653. The van der Waals surface area contributed by atoms with E-state index in [1.807, 2.05) is 0 Å². The van der Waals surface area contributed by atoms with Gasteiger partial charge in [-0.25, -0.2) is 0 Å². The number of nitrogens with zero attached hydrogens (tertiary/aromatic N) is 2. The zero-order valence-corrected chi connectivity index (χ0v) is 24.6. The van der Waals surface area contributed by atoms with Gasteiger partial charge in [-0.15, -0.1) is 0 Å². The first-order valence-corrected chi connectivity index (χ1v) is 15.5. The summed E-state index contributed by atoms with van der Waals surface area (Å²) >= 11 is 0. The van der Waals surface area contributed by atoms with E-state index in [1.165, 1.54) is 47.9 Å². The van der Waals surface area contributed by atoms with E-state index in [2.05, 4.69) is 67.7 Å². The summed E-state index contributed by atoms with van der Waals surface area (Å²) in [4.78, 5) is 5.30. The zero-order valence-electron chi connectivity index (χ0n) is 24.6. The third-order valence-corrected chi connectivity index (χ3v) is 7.82. The van der Waals surface area contributed by atoms with Crippen molar-refractivity contribution in [1.29, 1.82) is 0 Å². The number of hydrogen-bond acceptors (Lipinski definition) is 8. The van der Waals surface area contributed by atoms with Crippen LogP contribution < -0.4 is 31.9 Å². The van der Waals surface area contributed by atoms with Crippen LogP contribution in [0.5, 0.6) is 0 Å². The normalized spacial score (nSPS) is 22.4. The van der Waals surface area contributed by atoms with E-state index in [4.69, 9.17) is 0 Å². The van der Waals surface area contributed by atoms with Gasteiger partial charge in [0.2, 0.25) is 0 Å². The number of aryl methyl sites for hydroxylation is 2. The second-order valence-electron chi connectivity index (χ2n) is 11.2. The van der Waals surface area contributed by atoms with Crippen molar-refractivity contribution in [3.05, 3.63) is 34.4 Å². The molecule has 0 aliphatic carbocycles. The standard InChI is InChI=1S/C30H58N8/c1-27-23-30(26-38-20-6-12-34-16-14-32-8-4-10-36-18-22-38)28(2)24-29(27)25-37-19-5-11-33-15-13-31-7-3-9-35-17-21-37/h23-24,31-36H,3-22,25-26H2,1-2H3. The van der Waals surface area contributed by atoms with Crippen molar-refractivity contribution in [1.82, 2.24) is 41.7 Å². The van der Waals surface area contributed by atoms with Crippen LogP contribution in [0.25, 0.3) is 0 Å². The minimum atomic E-state index is 1.05. The maximum absolute atomic E-state index is 3.65. The lowest BCUT2D eigenvalue weighted by molar-refractivity contribution is 0.257. The molecule has 6 N–H and O–H groups in total. The van der Waals surface area contributed by atoms with Crippen LogP contribution in [0, 0.1) is 13.8 Å². The molecule has 0 amide bonds. The van der Waals surface area contributed by atoms with Gasteiger partial charge >= 0.3 is 0 Å². The summed E-state index contributed by atoms with van der Waals surface area (Å²) in [6.45, 7) is 24.2. The number of nitrogens with one attached hydrogen (secondary N) is 6.